The summed E-state index contributed by atoms with van der Waals surface area (Å²) in [5, 5.41) is 13.6. The fourth-order valence-electron chi connectivity index (χ4n) is 1.91. The maximum atomic E-state index is 12.4. The van der Waals surface area contributed by atoms with Gasteiger partial charge in [0.25, 0.3) is 11.6 Å². The highest BCUT2D eigenvalue weighted by Gasteiger charge is 2.18. The second-order valence-electron chi connectivity index (χ2n) is 4.31. The zero-order valence-electron chi connectivity index (χ0n) is 11.6. The predicted molar refractivity (Wildman–Crippen MR) is 79.6 cm³/mol. The van der Waals surface area contributed by atoms with Gasteiger partial charge in [0.2, 0.25) is 0 Å². The van der Waals surface area contributed by atoms with E-state index in [0.29, 0.717) is 16.9 Å². The van der Waals surface area contributed by atoms with Crippen molar-refractivity contribution in [1.29, 1.82) is 0 Å². The van der Waals surface area contributed by atoms with Gasteiger partial charge in [-0.05, 0) is 24.3 Å². The van der Waals surface area contributed by atoms with Gasteiger partial charge in [-0.2, -0.15) is 0 Å². The van der Waals surface area contributed by atoms with Gasteiger partial charge in [0.05, 0.1) is 4.92 Å². The van der Waals surface area contributed by atoms with Crippen LogP contribution in [0.4, 0.5) is 17.1 Å². The standard InChI is InChI=1S/C14H14N4O3/c1-15-12-9-10(3-4-13(12)18(20)21)14(19)17(2)11-5-7-16-8-6-11/h3-9,15H,1-2H3. The van der Waals surface area contributed by atoms with Crippen molar-refractivity contribution < 1.29 is 9.72 Å². The Labute approximate surface area is 121 Å². The van der Waals surface area contributed by atoms with Crippen LogP contribution in [-0.4, -0.2) is 29.9 Å². The molecule has 1 aromatic heterocycles. The zero-order chi connectivity index (χ0) is 15.4. The molecular formula is C14H14N4O3. The Balaban J connectivity index is 2.34. The van der Waals surface area contributed by atoms with Crippen molar-refractivity contribution in [2.45, 2.75) is 0 Å². The largest absolute Gasteiger partial charge is 0.383 e. The van der Waals surface area contributed by atoms with E-state index >= 15 is 0 Å². The molecule has 0 spiro atoms. The minimum absolute atomic E-state index is 0.0689. The van der Waals surface area contributed by atoms with Crippen molar-refractivity contribution in [3.63, 3.8) is 0 Å². The van der Waals surface area contributed by atoms with Gasteiger partial charge < -0.3 is 10.2 Å². The van der Waals surface area contributed by atoms with Crippen molar-refractivity contribution in [3.8, 4) is 0 Å². The molecule has 2 rings (SSSR count). The van der Waals surface area contributed by atoms with Crippen molar-refractivity contribution in [2.75, 3.05) is 24.3 Å². The van der Waals surface area contributed by atoms with E-state index in [1.807, 2.05) is 0 Å². The van der Waals surface area contributed by atoms with Crippen LogP contribution in [0, 0.1) is 10.1 Å². The molecule has 0 unspecified atom stereocenters. The first-order valence-corrected chi connectivity index (χ1v) is 6.19. The van der Waals surface area contributed by atoms with Crippen LogP contribution >= 0.6 is 0 Å². The minimum Gasteiger partial charge on any atom is -0.383 e. The first kappa shape index (κ1) is 14.4. The molecule has 108 valence electrons. The molecule has 1 aromatic carbocycles. The number of nitro benzene ring substituents is 1. The van der Waals surface area contributed by atoms with Gasteiger partial charge in [0, 0.05) is 43.8 Å². The number of aromatic nitrogens is 1. The lowest BCUT2D eigenvalue weighted by Gasteiger charge is -2.17. The van der Waals surface area contributed by atoms with Crippen LogP contribution in [0.15, 0.2) is 42.7 Å². The van der Waals surface area contributed by atoms with E-state index in [1.165, 1.54) is 23.1 Å². The highest BCUT2D eigenvalue weighted by Crippen LogP contribution is 2.26. The van der Waals surface area contributed by atoms with Crippen LogP contribution < -0.4 is 10.2 Å². The topological polar surface area (TPSA) is 88.4 Å². The Morgan fingerprint density at radius 3 is 2.52 bits per heavy atom. The second-order valence-corrected chi connectivity index (χ2v) is 4.31. The molecule has 7 heteroatoms. The van der Waals surface area contributed by atoms with Crippen molar-refractivity contribution >= 4 is 23.0 Å². The molecule has 0 saturated carbocycles. The fraction of sp³-hybridized carbons (Fsp3) is 0.143. The summed E-state index contributed by atoms with van der Waals surface area (Å²) >= 11 is 0. The van der Waals surface area contributed by atoms with Crippen molar-refractivity contribution in [1.82, 2.24) is 4.98 Å². The third-order valence-electron chi connectivity index (χ3n) is 3.06. The number of nitro groups is 1. The number of carbonyl (C=O) groups is 1. The number of nitrogens with one attached hydrogen (secondary N) is 1. The van der Waals surface area contributed by atoms with E-state index in [-0.39, 0.29) is 11.6 Å². The summed E-state index contributed by atoms with van der Waals surface area (Å²) in [5.74, 6) is -0.257. The van der Waals surface area contributed by atoms with Gasteiger partial charge in [-0.3, -0.25) is 19.9 Å². The van der Waals surface area contributed by atoms with Crippen LogP contribution in [0.1, 0.15) is 10.4 Å². The summed E-state index contributed by atoms with van der Waals surface area (Å²) in [6.45, 7) is 0. The molecule has 0 bridgehead atoms. The molecule has 2 aromatic rings. The van der Waals surface area contributed by atoms with Gasteiger partial charge in [0.1, 0.15) is 5.69 Å². The lowest BCUT2D eigenvalue weighted by molar-refractivity contribution is -0.383. The monoisotopic (exact) mass is 286 g/mol. The minimum atomic E-state index is -0.493. The third kappa shape index (κ3) is 2.97. The number of hydrogen-bond donors (Lipinski definition) is 1. The summed E-state index contributed by atoms with van der Waals surface area (Å²) < 4.78 is 0. The van der Waals surface area contributed by atoms with E-state index in [1.54, 1.807) is 38.6 Å². The van der Waals surface area contributed by atoms with Crippen molar-refractivity contribution in [3.05, 3.63) is 58.4 Å². The second kappa shape index (κ2) is 6.00. The molecule has 0 aliphatic rings. The number of benzene rings is 1. The predicted octanol–water partition coefficient (Wildman–Crippen LogP) is 2.31. The summed E-state index contributed by atoms with van der Waals surface area (Å²) in [5.41, 5.74) is 1.29. The third-order valence-corrected chi connectivity index (χ3v) is 3.06. The average Bonchev–Trinajstić information content (AvgIpc) is 2.53. The van der Waals surface area contributed by atoms with E-state index in [4.69, 9.17) is 0 Å². The molecular weight excluding hydrogens is 272 g/mol. The van der Waals surface area contributed by atoms with E-state index in [9.17, 15) is 14.9 Å². The Morgan fingerprint density at radius 2 is 1.95 bits per heavy atom. The average molecular weight is 286 g/mol. The van der Waals surface area contributed by atoms with Crippen LogP contribution in [0.5, 0.6) is 0 Å². The molecule has 1 heterocycles. The first-order chi connectivity index (χ1) is 10.0. The number of amides is 1. The number of pyridine rings is 1. The fourth-order valence-corrected chi connectivity index (χ4v) is 1.91. The van der Waals surface area contributed by atoms with Gasteiger partial charge >= 0.3 is 0 Å². The highest BCUT2D eigenvalue weighted by molar-refractivity contribution is 6.06. The quantitative estimate of drug-likeness (QED) is 0.688. The summed E-state index contributed by atoms with van der Waals surface area (Å²) in [6.07, 6.45) is 3.18. The van der Waals surface area contributed by atoms with Gasteiger partial charge in [-0.15, -0.1) is 0 Å². The maximum Gasteiger partial charge on any atom is 0.292 e. The Bertz CT molecular complexity index is 673. The summed E-state index contributed by atoms with van der Waals surface area (Å²) in [6, 6.07) is 7.65. The SMILES string of the molecule is CNc1cc(C(=O)N(C)c2ccncc2)ccc1[N+](=O)[O-]. The normalized spacial score (nSPS) is 10.0. The zero-order valence-corrected chi connectivity index (χ0v) is 11.6. The van der Waals surface area contributed by atoms with Crippen LogP contribution in [0.25, 0.3) is 0 Å². The Kier molecular flexibility index (Phi) is 4.13. The molecule has 7 nitrogen and oxygen atoms in total. The number of anilines is 2. The molecule has 0 fully saturated rings. The number of hydrogen-bond acceptors (Lipinski definition) is 5. The number of nitrogens with zero attached hydrogens (tertiary/aromatic N) is 3. The number of carbonyl (C=O) groups excluding carboxylic acids is 1. The lowest BCUT2D eigenvalue weighted by atomic mass is 10.1. The molecule has 0 radical (unpaired) electrons. The summed E-state index contributed by atoms with van der Waals surface area (Å²) in [4.78, 5) is 28.1. The lowest BCUT2D eigenvalue weighted by Crippen LogP contribution is -2.26. The Hall–Kier alpha value is -2.96. The van der Waals surface area contributed by atoms with E-state index in [0.717, 1.165) is 0 Å². The van der Waals surface area contributed by atoms with Crippen LogP contribution in [0.3, 0.4) is 0 Å². The van der Waals surface area contributed by atoms with Gasteiger partial charge in [0.15, 0.2) is 0 Å². The highest BCUT2D eigenvalue weighted by atomic mass is 16.6. The molecule has 0 saturated heterocycles. The molecule has 21 heavy (non-hydrogen) atoms. The molecule has 1 amide bonds. The smallest absolute Gasteiger partial charge is 0.292 e. The molecule has 0 aliphatic heterocycles. The maximum absolute atomic E-state index is 12.4. The molecule has 1 N–H and O–H groups in total. The van der Waals surface area contributed by atoms with E-state index < -0.39 is 4.92 Å². The van der Waals surface area contributed by atoms with E-state index in [2.05, 4.69) is 10.3 Å². The van der Waals surface area contributed by atoms with Crippen LogP contribution in [-0.2, 0) is 0 Å². The van der Waals surface area contributed by atoms with Crippen LogP contribution in [0.2, 0.25) is 0 Å². The first-order valence-electron chi connectivity index (χ1n) is 6.19. The number of rotatable bonds is 4. The van der Waals surface area contributed by atoms with Gasteiger partial charge in [-0.1, -0.05) is 0 Å². The van der Waals surface area contributed by atoms with Crippen molar-refractivity contribution in [2.24, 2.45) is 0 Å². The Morgan fingerprint density at radius 1 is 1.29 bits per heavy atom. The van der Waals surface area contributed by atoms with Gasteiger partial charge in [-0.25, -0.2) is 0 Å². The molecule has 0 aliphatic carbocycles. The summed E-state index contributed by atoms with van der Waals surface area (Å²) in [7, 11) is 3.21. The molecule has 0 atom stereocenters.